The van der Waals surface area contributed by atoms with E-state index in [2.05, 4.69) is 60.8 Å². The number of amides is 1. The van der Waals surface area contributed by atoms with Gasteiger partial charge in [0.05, 0.1) is 52.0 Å². The van der Waals surface area contributed by atoms with Crippen LogP contribution in [-0.4, -0.2) is 120 Å². The molecular formula is C47H51ClN10O6S. The highest BCUT2D eigenvalue weighted by atomic mass is 35.5. The molecule has 338 valence electrons. The first-order chi connectivity index (χ1) is 31.3. The van der Waals surface area contributed by atoms with Gasteiger partial charge in [0.1, 0.15) is 16.9 Å². The van der Waals surface area contributed by atoms with Crippen molar-refractivity contribution in [3.63, 3.8) is 0 Å². The molecule has 0 radical (unpaired) electrons. The maximum absolute atomic E-state index is 14.3. The largest absolute Gasteiger partial charge is 0.378 e. The summed E-state index contributed by atoms with van der Waals surface area (Å²) in [7, 11) is -4.58. The van der Waals surface area contributed by atoms with E-state index in [4.69, 9.17) is 21.3 Å². The van der Waals surface area contributed by atoms with Gasteiger partial charge in [0.15, 0.2) is 0 Å². The number of aromatic nitrogens is 4. The van der Waals surface area contributed by atoms with Gasteiger partial charge in [-0.2, -0.15) is 5.10 Å². The number of allylic oxidation sites excluding steroid dienone is 1. The summed E-state index contributed by atoms with van der Waals surface area (Å²) in [6.45, 7) is 11.6. The lowest BCUT2D eigenvalue weighted by Crippen LogP contribution is -2.48. The molecule has 6 heterocycles. The average molecular weight is 920 g/mol. The average Bonchev–Trinajstić information content (AvgIpc) is 4.03. The molecule has 65 heavy (non-hydrogen) atoms. The lowest BCUT2D eigenvalue weighted by Gasteiger charge is -2.39. The number of likely N-dealkylation sites (tertiary alicyclic amines) is 1. The Morgan fingerprint density at radius 3 is 2.57 bits per heavy atom. The molecule has 10 rings (SSSR count). The van der Waals surface area contributed by atoms with Crippen molar-refractivity contribution in [1.29, 1.82) is 0 Å². The third-order valence-electron chi connectivity index (χ3n) is 13.5. The number of piperazine rings is 1. The summed E-state index contributed by atoms with van der Waals surface area (Å²) in [5.41, 5.74) is 7.31. The van der Waals surface area contributed by atoms with Crippen LogP contribution in [0.4, 0.5) is 17.1 Å². The first kappa shape index (κ1) is 43.1. The minimum absolute atomic E-state index is 0.0486. The number of fused-ring (bicyclic) bond motifs is 2. The van der Waals surface area contributed by atoms with Crippen molar-refractivity contribution in [1.82, 2.24) is 34.3 Å². The number of sulfonamides is 1. The van der Waals surface area contributed by atoms with Gasteiger partial charge in [-0.3, -0.25) is 24.7 Å². The molecule has 0 saturated carbocycles. The Morgan fingerprint density at radius 1 is 1.02 bits per heavy atom. The molecule has 4 aliphatic rings. The zero-order valence-corrected chi connectivity index (χ0v) is 37.9. The number of nitro groups is 1. The van der Waals surface area contributed by atoms with E-state index in [1.54, 1.807) is 23.1 Å². The van der Waals surface area contributed by atoms with Crippen molar-refractivity contribution in [3.05, 3.63) is 117 Å². The van der Waals surface area contributed by atoms with Crippen molar-refractivity contribution in [2.24, 2.45) is 5.41 Å². The minimum Gasteiger partial charge on any atom is -0.378 e. The van der Waals surface area contributed by atoms with Gasteiger partial charge < -0.3 is 19.9 Å². The van der Waals surface area contributed by atoms with Gasteiger partial charge >= 0.3 is 0 Å². The fourth-order valence-corrected chi connectivity index (χ4v) is 10.8. The van der Waals surface area contributed by atoms with E-state index in [1.165, 1.54) is 28.8 Å². The van der Waals surface area contributed by atoms with E-state index < -0.39 is 31.4 Å². The second-order valence-corrected chi connectivity index (χ2v) is 20.6. The number of nitro benzene ring substituents is 1. The fraction of sp³-hybridized carbons (Fsp3) is 0.383. The van der Waals surface area contributed by atoms with Crippen LogP contribution in [0.1, 0.15) is 55.5 Å². The molecule has 3 aromatic carbocycles. The van der Waals surface area contributed by atoms with Gasteiger partial charge in [-0.1, -0.05) is 43.2 Å². The van der Waals surface area contributed by atoms with E-state index in [0.717, 1.165) is 87.1 Å². The summed E-state index contributed by atoms with van der Waals surface area (Å²) >= 11 is 6.26. The molecule has 3 aliphatic heterocycles. The van der Waals surface area contributed by atoms with Crippen molar-refractivity contribution in [2.45, 2.75) is 56.5 Å². The standard InChI is InChI=1S/C47H51ClN10O6S/c1-47(2)14-11-32(39(24-47)30-3-5-33(48)6-4-30)26-54-17-19-55(20-18-54)35-7-9-38(42(22-35)57-43-21-31-12-15-49-45(31)52-41(43)25-50-57)46(59)53-65(62,63)37-8-10-40(44(23-37)58(60)61)51-34-13-16-56(27-34)36-28-64-29-36/h3-10,12,15,21-23,25,34,36,51H,11,13-14,16-20,24,26-29H2,1-2H3,(H,49,52)(H,53,59). The van der Waals surface area contributed by atoms with Crippen LogP contribution in [0, 0.1) is 15.5 Å². The van der Waals surface area contributed by atoms with Crippen LogP contribution in [0.25, 0.3) is 33.3 Å². The Hall–Kier alpha value is -5.85. The number of aromatic amines is 1. The number of halogens is 1. The van der Waals surface area contributed by atoms with E-state index in [9.17, 15) is 23.3 Å². The first-order valence-corrected chi connectivity index (χ1v) is 24.0. The molecule has 3 fully saturated rings. The number of rotatable bonds is 12. The van der Waals surface area contributed by atoms with Crippen LogP contribution in [0.3, 0.4) is 0 Å². The number of carbonyl (C=O) groups excluding carboxylic acids is 1. The van der Waals surface area contributed by atoms with Gasteiger partial charge in [0, 0.05) is 80.2 Å². The number of pyridine rings is 1. The predicted molar refractivity (Wildman–Crippen MR) is 251 cm³/mol. The van der Waals surface area contributed by atoms with Crippen molar-refractivity contribution in [3.8, 4) is 5.69 Å². The normalized spacial score (nSPS) is 19.8. The van der Waals surface area contributed by atoms with Crippen LogP contribution in [0.2, 0.25) is 5.02 Å². The summed E-state index contributed by atoms with van der Waals surface area (Å²) < 4.78 is 37.0. The minimum atomic E-state index is -4.58. The lowest BCUT2D eigenvalue weighted by atomic mass is 9.72. The van der Waals surface area contributed by atoms with Crippen LogP contribution in [-0.2, 0) is 14.8 Å². The monoisotopic (exact) mass is 918 g/mol. The second kappa shape index (κ2) is 17.2. The van der Waals surface area contributed by atoms with Gasteiger partial charge in [-0.25, -0.2) is 22.8 Å². The summed E-state index contributed by atoms with van der Waals surface area (Å²) in [5, 5.41) is 21.8. The van der Waals surface area contributed by atoms with Crippen molar-refractivity contribution >= 4 is 72.2 Å². The van der Waals surface area contributed by atoms with Gasteiger partial charge in [-0.05, 0) is 96.8 Å². The highest BCUT2D eigenvalue weighted by Crippen LogP contribution is 2.43. The third-order valence-corrected chi connectivity index (χ3v) is 15.1. The molecule has 1 amide bonds. The fourth-order valence-electron chi connectivity index (χ4n) is 9.68. The zero-order chi connectivity index (χ0) is 45.0. The summed E-state index contributed by atoms with van der Waals surface area (Å²) in [5.74, 6) is -0.910. The number of hydrogen-bond donors (Lipinski definition) is 3. The number of carbonyl (C=O) groups is 1. The quantitative estimate of drug-likeness (QED) is 0.0827. The molecule has 16 nitrogen and oxygen atoms in total. The number of benzene rings is 3. The molecule has 1 aliphatic carbocycles. The maximum Gasteiger partial charge on any atom is 0.293 e. The molecule has 3 aromatic heterocycles. The molecular weight excluding hydrogens is 868 g/mol. The molecule has 3 N–H and O–H groups in total. The van der Waals surface area contributed by atoms with E-state index in [1.807, 2.05) is 36.4 Å². The Bertz CT molecular complexity index is 2960. The summed E-state index contributed by atoms with van der Waals surface area (Å²) in [4.78, 5) is 40.4. The lowest BCUT2D eigenvalue weighted by molar-refractivity contribution is -0.384. The first-order valence-electron chi connectivity index (χ1n) is 22.1. The number of anilines is 2. The molecule has 3 saturated heterocycles. The van der Waals surface area contributed by atoms with Gasteiger partial charge in [0.2, 0.25) is 0 Å². The molecule has 0 bridgehead atoms. The summed E-state index contributed by atoms with van der Waals surface area (Å²) in [6.07, 6.45) is 7.38. The molecule has 1 unspecified atom stereocenters. The Morgan fingerprint density at radius 2 is 1.82 bits per heavy atom. The van der Waals surface area contributed by atoms with E-state index in [-0.39, 0.29) is 22.7 Å². The van der Waals surface area contributed by atoms with Crippen molar-refractivity contribution < 1.29 is 22.9 Å². The van der Waals surface area contributed by atoms with Crippen LogP contribution >= 0.6 is 11.6 Å². The second-order valence-electron chi connectivity index (χ2n) is 18.4. The number of H-pyrrole nitrogens is 1. The Balaban J connectivity index is 0.904. The van der Waals surface area contributed by atoms with Crippen molar-refractivity contribution in [2.75, 3.05) is 69.2 Å². The molecule has 18 heteroatoms. The highest BCUT2D eigenvalue weighted by molar-refractivity contribution is 7.90. The van der Waals surface area contributed by atoms with Crippen LogP contribution in [0.5, 0.6) is 0 Å². The van der Waals surface area contributed by atoms with Gasteiger partial charge in [0.25, 0.3) is 21.6 Å². The topological polar surface area (TPSA) is 184 Å². The van der Waals surface area contributed by atoms with Gasteiger partial charge in [-0.15, -0.1) is 0 Å². The number of nitrogens with one attached hydrogen (secondary N) is 3. The number of nitrogens with zero attached hydrogens (tertiary/aromatic N) is 7. The predicted octanol–water partition coefficient (Wildman–Crippen LogP) is 7.25. The Kier molecular flexibility index (Phi) is 11.4. The van der Waals surface area contributed by atoms with Crippen LogP contribution in [0.15, 0.2) is 95.7 Å². The SMILES string of the molecule is CC1(C)CCC(CN2CCN(c3ccc(C(=O)NS(=O)(=O)c4ccc(NC5CCN(C6COC6)C5)c([N+](=O)[O-])c4)c(-n4ncc5nc6[nH]ccc6cc54)c3)CC2)=C(c2ccc(Cl)cc2)C1. The maximum atomic E-state index is 14.3. The van der Waals surface area contributed by atoms with E-state index >= 15 is 0 Å². The Labute approximate surface area is 381 Å². The van der Waals surface area contributed by atoms with E-state index in [0.29, 0.717) is 48.2 Å². The number of ether oxygens (including phenoxy) is 1. The molecule has 6 aromatic rings. The highest BCUT2D eigenvalue weighted by Gasteiger charge is 2.34. The summed E-state index contributed by atoms with van der Waals surface area (Å²) in [6, 6.07) is 21.3. The molecule has 1 atom stereocenters. The third kappa shape index (κ3) is 8.82. The number of hydrogen-bond acceptors (Lipinski definition) is 12. The smallest absolute Gasteiger partial charge is 0.293 e. The molecule has 0 spiro atoms. The zero-order valence-electron chi connectivity index (χ0n) is 36.3. The van der Waals surface area contributed by atoms with Crippen LogP contribution < -0.4 is 14.9 Å².